The zero-order valence-corrected chi connectivity index (χ0v) is 11.0. The number of Topliss-reactive ketones (excluding diaryl/α,β-unsaturated/α-hetero) is 1. The summed E-state index contributed by atoms with van der Waals surface area (Å²) >= 11 is 0. The second-order valence-electron chi connectivity index (χ2n) is 5.03. The summed E-state index contributed by atoms with van der Waals surface area (Å²) in [6.45, 7) is 1.57. The molecule has 0 spiro atoms. The molecule has 0 aliphatic carbocycles. The van der Waals surface area contributed by atoms with Gasteiger partial charge < -0.3 is 25.2 Å². The number of phenols is 1. The van der Waals surface area contributed by atoms with E-state index in [1.165, 1.54) is 24.3 Å². The van der Waals surface area contributed by atoms with E-state index >= 15 is 0 Å². The molecule has 1 heterocycles. The SMILES string of the molecule is C[C@H]1O[C@H](CC(=O)c2ccc(O)cc2)[C@H](O)[C@@H](O)[C@H]1O. The first-order valence-corrected chi connectivity index (χ1v) is 6.42. The van der Waals surface area contributed by atoms with Crippen LogP contribution in [0.1, 0.15) is 23.7 Å². The number of phenolic OH excluding ortho intramolecular Hbond substituents is 1. The van der Waals surface area contributed by atoms with Crippen LogP contribution in [0.25, 0.3) is 0 Å². The monoisotopic (exact) mass is 282 g/mol. The van der Waals surface area contributed by atoms with Crippen LogP contribution in [-0.2, 0) is 4.74 Å². The third kappa shape index (κ3) is 2.99. The number of aliphatic hydroxyl groups is 3. The van der Waals surface area contributed by atoms with E-state index in [0.29, 0.717) is 5.56 Å². The molecule has 110 valence electrons. The Morgan fingerprint density at radius 3 is 2.30 bits per heavy atom. The molecule has 4 N–H and O–H groups in total. The summed E-state index contributed by atoms with van der Waals surface area (Å²) < 4.78 is 5.37. The van der Waals surface area contributed by atoms with Crippen LogP contribution in [0.15, 0.2) is 24.3 Å². The molecule has 6 heteroatoms. The minimum atomic E-state index is -1.34. The number of ketones is 1. The summed E-state index contributed by atoms with van der Waals surface area (Å²) in [5, 5.41) is 38.3. The first-order chi connectivity index (χ1) is 9.40. The topological polar surface area (TPSA) is 107 Å². The van der Waals surface area contributed by atoms with Gasteiger partial charge in [-0.15, -0.1) is 0 Å². The van der Waals surface area contributed by atoms with Gasteiger partial charge in [0.2, 0.25) is 0 Å². The lowest BCUT2D eigenvalue weighted by atomic mass is 9.92. The van der Waals surface area contributed by atoms with E-state index in [-0.39, 0.29) is 18.0 Å². The summed E-state index contributed by atoms with van der Waals surface area (Å²) in [5.41, 5.74) is 0.381. The smallest absolute Gasteiger partial charge is 0.165 e. The average Bonchev–Trinajstić information content (AvgIpc) is 2.43. The summed E-state index contributed by atoms with van der Waals surface area (Å²) in [6.07, 6.45) is -5.47. The summed E-state index contributed by atoms with van der Waals surface area (Å²) in [5.74, 6) is -0.215. The number of carbonyl (C=O) groups excluding carboxylic acids is 1. The molecule has 1 aliphatic heterocycles. The van der Waals surface area contributed by atoms with E-state index in [0.717, 1.165) is 0 Å². The molecule has 0 bridgehead atoms. The van der Waals surface area contributed by atoms with Gasteiger partial charge >= 0.3 is 0 Å². The van der Waals surface area contributed by atoms with E-state index < -0.39 is 30.5 Å². The average molecular weight is 282 g/mol. The van der Waals surface area contributed by atoms with Crippen molar-refractivity contribution in [3.8, 4) is 5.75 Å². The number of aromatic hydroxyl groups is 1. The standard InChI is InChI=1S/C14H18O6/c1-7-12(17)14(19)13(18)11(20-7)6-10(16)8-2-4-9(15)5-3-8/h2-5,7,11-15,17-19H,6H2,1H3/t7-,11-,12+,13+,14+/m1/s1. The molecule has 1 aliphatic rings. The summed E-state index contributed by atoms with van der Waals surface area (Å²) in [6, 6.07) is 5.74. The van der Waals surface area contributed by atoms with Crippen molar-refractivity contribution in [2.75, 3.05) is 0 Å². The van der Waals surface area contributed by atoms with Crippen molar-refractivity contribution in [2.45, 2.75) is 43.9 Å². The molecule has 0 saturated carbocycles. The van der Waals surface area contributed by atoms with Crippen molar-refractivity contribution in [1.82, 2.24) is 0 Å². The predicted octanol–water partition coefficient (Wildman–Crippen LogP) is -0.165. The molecular weight excluding hydrogens is 264 g/mol. The van der Waals surface area contributed by atoms with E-state index in [2.05, 4.69) is 0 Å². The molecule has 6 nitrogen and oxygen atoms in total. The highest BCUT2D eigenvalue weighted by Gasteiger charge is 2.42. The third-order valence-corrected chi connectivity index (χ3v) is 3.53. The van der Waals surface area contributed by atoms with Gasteiger partial charge in [0.05, 0.1) is 12.2 Å². The highest BCUT2D eigenvalue weighted by Crippen LogP contribution is 2.24. The van der Waals surface area contributed by atoms with Crippen molar-refractivity contribution in [3.63, 3.8) is 0 Å². The van der Waals surface area contributed by atoms with Gasteiger partial charge in [-0.3, -0.25) is 4.79 Å². The fourth-order valence-corrected chi connectivity index (χ4v) is 2.25. The van der Waals surface area contributed by atoms with Crippen molar-refractivity contribution in [2.24, 2.45) is 0 Å². The Bertz CT molecular complexity index is 471. The second kappa shape index (κ2) is 5.88. The molecule has 1 aromatic carbocycles. The Hall–Kier alpha value is -1.47. The fourth-order valence-electron chi connectivity index (χ4n) is 2.25. The Labute approximate surface area is 116 Å². The number of hydrogen-bond acceptors (Lipinski definition) is 6. The van der Waals surface area contributed by atoms with Crippen LogP contribution >= 0.6 is 0 Å². The van der Waals surface area contributed by atoms with Gasteiger partial charge in [-0.1, -0.05) is 0 Å². The van der Waals surface area contributed by atoms with Crippen LogP contribution in [0.2, 0.25) is 0 Å². The van der Waals surface area contributed by atoms with E-state index in [9.17, 15) is 20.1 Å². The van der Waals surface area contributed by atoms with Gasteiger partial charge in [0.15, 0.2) is 5.78 Å². The van der Waals surface area contributed by atoms with E-state index in [4.69, 9.17) is 9.84 Å². The predicted molar refractivity (Wildman–Crippen MR) is 69.4 cm³/mol. The summed E-state index contributed by atoms with van der Waals surface area (Å²) in [7, 11) is 0. The Morgan fingerprint density at radius 1 is 1.10 bits per heavy atom. The van der Waals surface area contributed by atoms with Gasteiger partial charge in [-0.25, -0.2) is 0 Å². The zero-order valence-electron chi connectivity index (χ0n) is 11.0. The first kappa shape index (κ1) is 14.9. The van der Waals surface area contributed by atoms with E-state index in [1.807, 2.05) is 0 Å². The Morgan fingerprint density at radius 2 is 1.70 bits per heavy atom. The van der Waals surface area contributed by atoms with Gasteiger partial charge in [0.25, 0.3) is 0 Å². The Kier molecular flexibility index (Phi) is 4.39. The lowest BCUT2D eigenvalue weighted by Crippen LogP contribution is -2.56. The van der Waals surface area contributed by atoms with Crippen molar-refractivity contribution in [3.05, 3.63) is 29.8 Å². The van der Waals surface area contributed by atoms with Crippen LogP contribution in [-0.4, -0.2) is 56.7 Å². The maximum absolute atomic E-state index is 12.0. The molecule has 0 aromatic heterocycles. The van der Waals surface area contributed by atoms with Crippen molar-refractivity contribution >= 4 is 5.78 Å². The van der Waals surface area contributed by atoms with Gasteiger partial charge in [-0.05, 0) is 31.2 Å². The first-order valence-electron chi connectivity index (χ1n) is 6.42. The van der Waals surface area contributed by atoms with E-state index in [1.54, 1.807) is 6.92 Å². The highest BCUT2D eigenvalue weighted by molar-refractivity contribution is 5.96. The van der Waals surface area contributed by atoms with Crippen LogP contribution in [0, 0.1) is 0 Å². The number of rotatable bonds is 3. The van der Waals surface area contributed by atoms with Crippen LogP contribution < -0.4 is 0 Å². The van der Waals surface area contributed by atoms with Crippen molar-refractivity contribution < 1.29 is 30.0 Å². The molecule has 0 amide bonds. The number of carbonyl (C=O) groups is 1. The van der Waals surface area contributed by atoms with Crippen LogP contribution in [0.5, 0.6) is 5.75 Å². The van der Waals surface area contributed by atoms with Gasteiger partial charge in [0.1, 0.15) is 24.1 Å². The van der Waals surface area contributed by atoms with Crippen molar-refractivity contribution in [1.29, 1.82) is 0 Å². The zero-order chi connectivity index (χ0) is 14.9. The number of ether oxygens (including phenoxy) is 1. The third-order valence-electron chi connectivity index (χ3n) is 3.53. The molecule has 1 aromatic rings. The molecular formula is C14H18O6. The Balaban J connectivity index is 2.05. The van der Waals surface area contributed by atoms with Crippen LogP contribution in [0.4, 0.5) is 0 Å². The lowest BCUT2D eigenvalue weighted by Gasteiger charge is -2.39. The number of hydrogen-bond donors (Lipinski definition) is 4. The normalized spacial score (nSPS) is 33.9. The number of aliphatic hydroxyl groups excluding tert-OH is 3. The second-order valence-corrected chi connectivity index (χ2v) is 5.03. The minimum Gasteiger partial charge on any atom is -0.508 e. The highest BCUT2D eigenvalue weighted by atomic mass is 16.5. The molecule has 1 fully saturated rings. The summed E-state index contributed by atoms with van der Waals surface area (Å²) in [4.78, 5) is 12.0. The molecule has 0 radical (unpaired) electrons. The molecule has 2 rings (SSSR count). The molecule has 0 unspecified atom stereocenters. The maximum Gasteiger partial charge on any atom is 0.165 e. The van der Waals surface area contributed by atoms with Gasteiger partial charge in [-0.2, -0.15) is 0 Å². The molecule has 1 saturated heterocycles. The maximum atomic E-state index is 12.0. The quantitative estimate of drug-likeness (QED) is 0.574. The minimum absolute atomic E-state index is 0.0580. The van der Waals surface area contributed by atoms with Crippen LogP contribution in [0.3, 0.4) is 0 Å². The molecule has 20 heavy (non-hydrogen) atoms. The lowest BCUT2D eigenvalue weighted by molar-refractivity contribution is -0.215. The fraction of sp³-hybridized carbons (Fsp3) is 0.500. The molecule has 5 atom stereocenters. The largest absolute Gasteiger partial charge is 0.508 e. The number of benzene rings is 1. The van der Waals surface area contributed by atoms with Gasteiger partial charge in [0, 0.05) is 12.0 Å².